The van der Waals surface area contributed by atoms with Gasteiger partial charge in [0.25, 0.3) is 5.91 Å². The van der Waals surface area contributed by atoms with Gasteiger partial charge in [0.2, 0.25) is 15.9 Å². The third kappa shape index (κ3) is 4.34. The van der Waals surface area contributed by atoms with Crippen molar-refractivity contribution in [3.8, 4) is 0 Å². The third-order valence-electron chi connectivity index (χ3n) is 4.69. The molecule has 3 N–H and O–H groups in total. The Hall–Kier alpha value is -3.24. The maximum atomic E-state index is 13.2. The molecule has 1 saturated heterocycles. The van der Waals surface area contributed by atoms with E-state index in [4.69, 9.17) is 0 Å². The Balaban J connectivity index is 1.94. The number of rotatable bonds is 6. The molecule has 10 heteroatoms. The van der Waals surface area contributed by atoms with Crippen molar-refractivity contribution < 1.29 is 27.9 Å². The lowest BCUT2D eigenvalue weighted by Gasteiger charge is -2.22. The van der Waals surface area contributed by atoms with Crippen molar-refractivity contribution in [3.05, 3.63) is 54.1 Å². The molecule has 30 heavy (non-hydrogen) atoms. The minimum Gasteiger partial charge on any atom is -0.480 e. The molecule has 0 saturated carbocycles. The number of hydrogen-bond acceptors (Lipinski definition) is 5. The van der Waals surface area contributed by atoms with E-state index < -0.39 is 27.9 Å². The fraction of sp³-hybridized carbons (Fsp3) is 0.250. The number of nitrogens with one attached hydrogen (secondary N) is 2. The standard InChI is InChI=1S/C20H21N3O6S/c1-13(24)21-15-8-3-2-7-14(15)19(25)22-16-9-4-5-11-18(16)30(28,29)23-12-6-10-17(23)20(26)27/h2-5,7-9,11,17H,6,10,12H2,1H3,(H,21,24)(H,22,25)(H,26,27)/t17-/m0/s1. The van der Waals surface area contributed by atoms with Crippen LogP contribution in [-0.2, 0) is 19.6 Å². The second-order valence-corrected chi connectivity index (χ2v) is 8.65. The van der Waals surface area contributed by atoms with E-state index in [1.54, 1.807) is 24.3 Å². The molecule has 2 amide bonds. The minimum absolute atomic E-state index is 0.0242. The van der Waals surface area contributed by atoms with Gasteiger partial charge < -0.3 is 15.7 Å². The number of benzene rings is 2. The van der Waals surface area contributed by atoms with Crippen LogP contribution in [-0.4, -0.2) is 48.2 Å². The summed E-state index contributed by atoms with van der Waals surface area (Å²) in [5.41, 5.74) is 0.467. The van der Waals surface area contributed by atoms with Gasteiger partial charge >= 0.3 is 5.97 Å². The molecule has 1 aliphatic rings. The van der Waals surface area contributed by atoms with Crippen molar-refractivity contribution in [1.82, 2.24) is 4.31 Å². The summed E-state index contributed by atoms with van der Waals surface area (Å²) in [4.78, 5) is 35.5. The number of carbonyl (C=O) groups is 3. The highest BCUT2D eigenvalue weighted by atomic mass is 32.2. The molecule has 0 spiro atoms. The van der Waals surface area contributed by atoms with Crippen LogP contribution in [0.3, 0.4) is 0 Å². The van der Waals surface area contributed by atoms with E-state index in [0.717, 1.165) is 4.31 Å². The number of carboxylic acids is 1. The van der Waals surface area contributed by atoms with Crippen LogP contribution in [0.1, 0.15) is 30.1 Å². The summed E-state index contributed by atoms with van der Waals surface area (Å²) in [5, 5.41) is 14.5. The van der Waals surface area contributed by atoms with Crippen LogP contribution < -0.4 is 10.6 Å². The second-order valence-electron chi connectivity index (χ2n) is 6.79. The number of amides is 2. The lowest BCUT2D eigenvalue weighted by atomic mass is 10.1. The number of carbonyl (C=O) groups excluding carboxylic acids is 2. The van der Waals surface area contributed by atoms with Gasteiger partial charge in [-0.15, -0.1) is 0 Å². The molecule has 1 heterocycles. The molecule has 2 aromatic carbocycles. The lowest BCUT2D eigenvalue weighted by Crippen LogP contribution is -2.40. The molecular formula is C20H21N3O6S. The Morgan fingerprint density at radius 1 is 1.00 bits per heavy atom. The average molecular weight is 431 g/mol. The molecule has 0 aliphatic carbocycles. The maximum absolute atomic E-state index is 13.2. The molecule has 3 rings (SSSR count). The van der Waals surface area contributed by atoms with Gasteiger partial charge in [0.15, 0.2) is 0 Å². The largest absolute Gasteiger partial charge is 0.480 e. The number of nitrogens with zero attached hydrogens (tertiary/aromatic N) is 1. The van der Waals surface area contributed by atoms with E-state index >= 15 is 0 Å². The molecule has 1 aliphatic heterocycles. The predicted molar refractivity (Wildman–Crippen MR) is 110 cm³/mol. The van der Waals surface area contributed by atoms with Gasteiger partial charge in [-0.1, -0.05) is 24.3 Å². The Morgan fingerprint density at radius 2 is 1.63 bits per heavy atom. The zero-order valence-corrected chi connectivity index (χ0v) is 17.0. The van der Waals surface area contributed by atoms with Crippen molar-refractivity contribution in [1.29, 1.82) is 0 Å². The lowest BCUT2D eigenvalue weighted by molar-refractivity contribution is -0.140. The summed E-state index contributed by atoms with van der Waals surface area (Å²) < 4.78 is 27.3. The van der Waals surface area contributed by atoms with E-state index in [-0.39, 0.29) is 40.7 Å². The van der Waals surface area contributed by atoms with Gasteiger partial charge in [0.05, 0.1) is 16.9 Å². The van der Waals surface area contributed by atoms with Gasteiger partial charge in [-0.2, -0.15) is 4.31 Å². The number of sulfonamides is 1. The topological polar surface area (TPSA) is 133 Å². The molecule has 0 bridgehead atoms. The van der Waals surface area contributed by atoms with Crippen LogP contribution >= 0.6 is 0 Å². The number of para-hydroxylation sites is 2. The zero-order valence-electron chi connectivity index (χ0n) is 16.2. The fourth-order valence-electron chi connectivity index (χ4n) is 3.37. The number of hydrogen-bond donors (Lipinski definition) is 3. The van der Waals surface area contributed by atoms with E-state index in [1.165, 1.54) is 31.2 Å². The fourth-order valence-corrected chi connectivity index (χ4v) is 5.17. The predicted octanol–water partition coefficient (Wildman–Crippen LogP) is 2.13. The molecule has 1 atom stereocenters. The van der Waals surface area contributed by atoms with Gasteiger partial charge in [-0.05, 0) is 37.1 Å². The Bertz CT molecular complexity index is 1100. The first kappa shape index (κ1) is 21.5. The number of carboxylic acid groups (broad SMARTS) is 1. The molecule has 0 aromatic heterocycles. The Morgan fingerprint density at radius 3 is 2.30 bits per heavy atom. The van der Waals surface area contributed by atoms with Crippen molar-refractivity contribution in [2.45, 2.75) is 30.7 Å². The van der Waals surface area contributed by atoms with Crippen LogP contribution in [0.5, 0.6) is 0 Å². The van der Waals surface area contributed by atoms with Crippen LogP contribution in [0.25, 0.3) is 0 Å². The molecule has 1 fully saturated rings. The van der Waals surface area contributed by atoms with Crippen LogP contribution in [0.15, 0.2) is 53.4 Å². The Kier molecular flexibility index (Phi) is 6.18. The molecule has 2 aromatic rings. The van der Waals surface area contributed by atoms with Gasteiger partial charge in [-0.3, -0.25) is 14.4 Å². The van der Waals surface area contributed by atoms with E-state index in [0.29, 0.717) is 6.42 Å². The van der Waals surface area contributed by atoms with Crippen molar-refractivity contribution >= 4 is 39.2 Å². The maximum Gasteiger partial charge on any atom is 0.322 e. The van der Waals surface area contributed by atoms with Gasteiger partial charge in [0, 0.05) is 13.5 Å². The van der Waals surface area contributed by atoms with Crippen molar-refractivity contribution in [2.75, 3.05) is 17.2 Å². The van der Waals surface area contributed by atoms with Crippen LogP contribution in [0, 0.1) is 0 Å². The summed E-state index contributed by atoms with van der Waals surface area (Å²) >= 11 is 0. The van der Waals surface area contributed by atoms with Gasteiger partial charge in [-0.25, -0.2) is 8.42 Å². The monoisotopic (exact) mass is 431 g/mol. The smallest absolute Gasteiger partial charge is 0.322 e. The first-order valence-electron chi connectivity index (χ1n) is 9.23. The highest BCUT2D eigenvalue weighted by Crippen LogP contribution is 2.31. The van der Waals surface area contributed by atoms with Crippen LogP contribution in [0.2, 0.25) is 0 Å². The summed E-state index contributed by atoms with van der Waals surface area (Å²) in [6, 6.07) is 11.0. The minimum atomic E-state index is -4.15. The SMILES string of the molecule is CC(=O)Nc1ccccc1C(=O)Nc1ccccc1S(=O)(=O)N1CCC[C@H]1C(=O)O. The van der Waals surface area contributed by atoms with Crippen molar-refractivity contribution in [3.63, 3.8) is 0 Å². The summed E-state index contributed by atoms with van der Waals surface area (Å²) in [5.74, 6) is -2.17. The molecule has 9 nitrogen and oxygen atoms in total. The first-order chi connectivity index (χ1) is 14.2. The molecule has 0 radical (unpaired) electrons. The van der Waals surface area contributed by atoms with E-state index in [9.17, 15) is 27.9 Å². The molecular weight excluding hydrogens is 410 g/mol. The highest BCUT2D eigenvalue weighted by Gasteiger charge is 2.40. The third-order valence-corrected chi connectivity index (χ3v) is 6.66. The number of anilines is 2. The highest BCUT2D eigenvalue weighted by molar-refractivity contribution is 7.89. The van der Waals surface area contributed by atoms with Crippen LogP contribution in [0.4, 0.5) is 11.4 Å². The normalized spacial score (nSPS) is 16.8. The quantitative estimate of drug-likeness (QED) is 0.642. The van der Waals surface area contributed by atoms with Gasteiger partial charge in [0.1, 0.15) is 10.9 Å². The summed E-state index contributed by atoms with van der Waals surface area (Å²) in [6.07, 6.45) is 0.669. The molecule has 0 unspecified atom stereocenters. The zero-order chi connectivity index (χ0) is 21.9. The Labute approximate surface area is 173 Å². The second kappa shape index (κ2) is 8.64. The van der Waals surface area contributed by atoms with Crippen molar-refractivity contribution in [2.24, 2.45) is 0 Å². The summed E-state index contributed by atoms with van der Waals surface area (Å²) in [6.45, 7) is 1.40. The average Bonchev–Trinajstić information content (AvgIpc) is 3.19. The first-order valence-corrected chi connectivity index (χ1v) is 10.7. The van der Waals surface area contributed by atoms with E-state index in [2.05, 4.69) is 10.6 Å². The number of aliphatic carboxylic acids is 1. The molecule has 158 valence electrons. The van der Waals surface area contributed by atoms with E-state index in [1.807, 2.05) is 0 Å². The summed E-state index contributed by atoms with van der Waals surface area (Å²) in [7, 11) is -4.15.